The molecule has 1 aromatic carbocycles. The molecule has 0 aromatic heterocycles. The Hall–Kier alpha value is -1.43. The zero-order valence-electron chi connectivity index (χ0n) is 10.6. The fourth-order valence-corrected chi connectivity index (χ4v) is 2.31. The maximum absolute atomic E-state index is 12.1. The first kappa shape index (κ1) is 15.0. The lowest BCUT2D eigenvalue weighted by molar-refractivity contribution is -0.136. The fourth-order valence-electron chi connectivity index (χ4n) is 1.68. The number of hydrogen-bond acceptors (Lipinski definition) is 4. The maximum Gasteiger partial charge on any atom is 0.297 e. The Morgan fingerprint density at radius 1 is 1.05 bits per heavy atom. The van der Waals surface area contributed by atoms with E-state index < -0.39 is 11.8 Å². The Morgan fingerprint density at radius 3 is 2.20 bits per heavy atom. The molecule has 0 radical (unpaired) electrons. The number of hydrazine groups is 1. The van der Waals surface area contributed by atoms with E-state index in [1.54, 1.807) is 26.2 Å². The Bertz CT molecular complexity index is 628. The van der Waals surface area contributed by atoms with Gasteiger partial charge in [-0.1, -0.05) is 34.8 Å². The maximum atomic E-state index is 12.1. The zero-order valence-corrected chi connectivity index (χ0v) is 12.8. The van der Waals surface area contributed by atoms with E-state index in [1.807, 2.05) is 0 Å². The van der Waals surface area contributed by atoms with Crippen molar-refractivity contribution in [2.75, 3.05) is 19.5 Å². The van der Waals surface area contributed by atoms with Crippen LogP contribution in [-0.4, -0.2) is 35.8 Å². The molecule has 5 nitrogen and oxygen atoms in total. The molecule has 0 saturated carbocycles. The number of benzene rings is 1. The van der Waals surface area contributed by atoms with Crippen molar-refractivity contribution in [3.8, 4) is 0 Å². The molecule has 0 atom stereocenters. The highest BCUT2D eigenvalue weighted by molar-refractivity contribution is 6.48. The van der Waals surface area contributed by atoms with Crippen LogP contribution in [0, 0.1) is 0 Å². The summed E-state index contributed by atoms with van der Waals surface area (Å²) in [5, 5.41) is 1.38. The molecule has 0 fully saturated rings. The van der Waals surface area contributed by atoms with E-state index in [4.69, 9.17) is 34.8 Å². The largest absolute Gasteiger partial charge is 0.372 e. The van der Waals surface area contributed by atoms with Gasteiger partial charge in [0.05, 0.1) is 15.7 Å². The van der Waals surface area contributed by atoms with Gasteiger partial charge in [-0.05, 0) is 18.2 Å². The van der Waals surface area contributed by atoms with E-state index in [1.165, 1.54) is 11.0 Å². The monoisotopic (exact) mass is 333 g/mol. The van der Waals surface area contributed by atoms with Crippen LogP contribution in [-0.2, 0) is 9.59 Å². The molecule has 0 aliphatic carbocycles. The highest BCUT2D eigenvalue weighted by atomic mass is 35.5. The van der Waals surface area contributed by atoms with Gasteiger partial charge in [0.1, 0.15) is 10.7 Å². The number of carbonyl (C=O) groups excluding carboxylic acids is 2. The number of nitrogens with zero attached hydrogens (tertiary/aromatic N) is 2. The normalized spacial score (nSPS) is 15.2. The van der Waals surface area contributed by atoms with Crippen LogP contribution in [0.15, 0.2) is 28.9 Å². The molecule has 20 heavy (non-hydrogen) atoms. The Balaban J connectivity index is 2.26. The minimum Gasteiger partial charge on any atom is -0.372 e. The Labute approximate surface area is 130 Å². The van der Waals surface area contributed by atoms with Crippen molar-refractivity contribution in [1.82, 2.24) is 9.91 Å². The molecule has 8 heteroatoms. The second-order valence-corrected chi connectivity index (χ2v) is 5.44. The average molecular weight is 335 g/mol. The summed E-state index contributed by atoms with van der Waals surface area (Å²) in [7, 11) is 3.26. The minimum atomic E-state index is -0.619. The van der Waals surface area contributed by atoms with Gasteiger partial charge in [-0.25, -0.2) is 0 Å². The van der Waals surface area contributed by atoms with Crippen LogP contribution in [0.4, 0.5) is 5.69 Å². The summed E-state index contributed by atoms with van der Waals surface area (Å²) < 4.78 is 0. The first-order chi connectivity index (χ1) is 9.32. The third kappa shape index (κ3) is 2.57. The summed E-state index contributed by atoms with van der Waals surface area (Å²) in [5.41, 5.74) is 3.24. The second-order valence-electron chi connectivity index (χ2n) is 4.24. The summed E-state index contributed by atoms with van der Waals surface area (Å²) >= 11 is 17.5. The van der Waals surface area contributed by atoms with Crippen LogP contribution in [0.1, 0.15) is 0 Å². The lowest BCUT2D eigenvalue weighted by atomic mass is 10.3. The van der Waals surface area contributed by atoms with Gasteiger partial charge in [-0.2, -0.15) is 5.01 Å². The topological polar surface area (TPSA) is 52.7 Å². The minimum absolute atomic E-state index is 0.129. The highest BCUT2D eigenvalue weighted by Gasteiger charge is 2.39. The van der Waals surface area contributed by atoms with E-state index in [2.05, 4.69) is 5.43 Å². The van der Waals surface area contributed by atoms with Gasteiger partial charge in [0.15, 0.2) is 0 Å². The molecule has 1 aliphatic rings. The summed E-state index contributed by atoms with van der Waals surface area (Å²) in [4.78, 5) is 25.6. The van der Waals surface area contributed by atoms with Crippen LogP contribution >= 0.6 is 34.8 Å². The number of likely N-dealkylation sites (N-methyl/N-ethyl adjacent to an activating group) is 1. The van der Waals surface area contributed by atoms with Crippen LogP contribution in [0.2, 0.25) is 10.0 Å². The SMILES string of the molecule is CN(C)C1=C(Cl)C(=O)N(Nc2ccc(Cl)c(Cl)c2)C1=O. The predicted octanol–water partition coefficient (Wildman–Crippen LogP) is 2.70. The summed E-state index contributed by atoms with van der Waals surface area (Å²) in [5.74, 6) is -1.15. The van der Waals surface area contributed by atoms with Crippen molar-refractivity contribution in [3.05, 3.63) is 39.0 Å². The molecule has 0 bridgehead atoms. The smallest absolute Gasteiger partial charge is 0.297 e. The van der Waals surface area contributed by atoms with Gasteiger partial charge in [0.2, 0.25) is 0 Å². The number of carbonyl (C=O) groups is 2. The summed E-state index contributed by atoms with van der Waals surface area (Å²) in [6, 6.07) is 4.65. The van der Waals surface area contributed by atoms with Crippen LogP contribution in [0.5, 0.6) is 0 Å². The molecule has 2 rings (SSSR count). The number of rotatable bonds is 3. The van der Waals surface area contributed by atoms with Crippen LogP contribution < -0.4 is 5.43 Å². The van der Waals surface area contributed by atoms with Crippen molar-refractivity contribution < 1.29 is 9.59 Å². The van der Waals surface area contributed by atoms with Gasteiger partial charge in [0, 0.05) is 14.1 Å². The van der Waals surface area contributed by atoms with E-state index in [9.17, 15) is 9.59 Å². The molecule has 0 saturated heterocycles. The third-order valence-electron chi connectivity index (χ3n) is 2.61. The average Bonchev–Trinajstić information content (AvgIpc) is 2.58. The first-order valence-corrected chi connectivity index (χ1v) is 6.64. The quantitative estimate of drug-likeness (QED) is 0.864. The number of amides is 2. The summed E-state index contributed by atoms with van der Waals surface area (Å²) in [6.45, 7) is 0. The Morgan fingerprint density at radius 2 is 1.70 bits per heavy atom. The molecule has 1 aromatic rings. The highest BCUT2D eigenvalue weighted by Crippen LogP contribution is 2.28. The third-order valence-corrected chi connectivity index (χ3v) is 3.69. The van der Waals surface area contributed by atoms with Gasteiger partial charge in [-0.15, -0.1) is 0 Å². The first-order valence-electron chi connectivity index (χ1n) is 5.50. The zero-order chi connectivity index (χ0) is 15.0. The van der Waals surface area contributed by atoms with Crippen molar-refractivity contribution in [2.24, 2.45) is 0 Å². The van der Waals surface area contributed by atoms with E-state index >= 15 is 0 Å². The number of imide groups is 1. The van der Waals surface area contributed by atoms with Crippen LogP contribution in [0.25, 0.3) is 0 Å². The van der Waals surface area contributed by atoms with Crippen molar-refractivity contribution in [3.63, 3.8) is 0 Å². The lowest BCUT2D eigenvalue weighted by Gasteiger charge is -2.19. The standard InChI is InChI=1S/C12H10Cl3N3O2/c1-17(2)10-9(15)11(19)18(12(10)20)16-6-3-4-7(13)8(14)5-6/h3-5,16H,1-2H3. The molecule has 1 heterocycles. The van der Waals surface area contributed by atoms with Gasteiger partial charge in [0.25, 0.3) is 11.8 Å². The molecule has 0 spiro atoms. The molecule has 1 aliphatic heterocycles. The van der Waals surface area contributed by atoms with E-state index in [0.29, 0.717) is 15.7 Å². The second kappa shape index (κ2) is 5.52. The predicted molar refractivity (Wildman–Crippen MR) is 78.5 cm³/mol. The lowest BCUT2D eigenvalue weighted by Crippen LogP contribution is -2.38. The van der Waals surface area contributed by atoms with Crippen molar-refractivity contribution in [2.45, 2.75) is 0 Å². The fraction of sp³-hybridized carbons (Fsp3) is 0.167. The Kier molecular flexibility index (Phi) is 4.13. The van der Waals surface area contributed by atoms with Crippen molar-refractivity contribution in [1.29, 1.82) is 0 Å². The number of anilines is 1. The molecule has 2 amide bonds. The molecular weight excluding hydrogens is 325 g/mol. The molecule has 0 unspecified atom stereocenters. The molecule has 1 N–H and O–H groups in total. The van der Waals surface area contributed by atoms with Gasteiger partial charge >= 0.3 is 0 Å². The number of nitrogens with one attached hydrogen (secondary N) is 1. The van der Waals surface area contributed by atoms with E-state index in [0.717, 1.165) is 5.01 Å². The summed E-state index contributed by atoms with van der Waals surface area (Å²) in [6.07, 6.45) is 0. The van der Waals surface area contributed by atoms with Crippen molar-refractivity contribution >= 4 is 52.3 Å². The number of hydrogen-bond donors (Lipinski definition) is 1. The number of halogens is 3. The van der Waals surface area contributed by atoms with Crippen LogP contribution in [0.3, 0.4) is 0 Å². The van der Waals surface area contributed by atoms with Gasteiger partial charge in [-0.3, -0.25) is 15.0 Å². The molecule has 106 valence electrons. The molecular formula is C12H10Cl3N3O2. The van der Waals surface area contributed by atoms with E-state index in [-0.39, 0.29) is 10.7 Å². The van der Waals surface area contributed by atoms with Gasteiger partial charge < -0.3 is 4.90 Å².